The van der Waals surface area contributed by atoms with E-state index in [1.54, 1.807) is 6.34 Å². The molecule has 1 aromatic heterocycles. The number of hydrogen-bond acceptors (Lipinski definition) is 2. The molecule has 0 fully saturated rings. The van der Waals surface area contributed by atoms with Crippen LogP contribution >= 0.6 is 0 Å². The zero-order chi connectivity index (χ0) is 11.0. The minimum absolute atomic E-state index is 0.765. The van der Waals surface area contributed by atoms with Crippen molar-refractivity contribution in [1.29, 1.82) is 0 Å². The monoisotopic (exact) mass is 211 g/mol. The van der Waals surface area contributed by atoms with Crippen molar-refractivity contribution in [3.8, 4) is 5.69 Å². The molecule has 1 aliphatic rings. The second kappa shape index (κ2) is 3.52. The first-order chi connectivity index (χ1) is 7.86. The van der Waals surface area contributed by atoms with Crippen molar-refractivity contribution >= 4 is 12.2 Å². The lowest BCUT2D eigenvalue weighted by Gasteiger charge is -2.14. The highest BCUT2D eigenvalue weighted by molar-refractivity contribution is 5.79. The van der Waals surface area contributed by atoms with Gasteiger partial charge in [0.15, 0.2) is 0 Å². The van der Waals surface area contributed by atoms with Crippen molar-refractivity contribution in [1.82, 2.24) is 4.57 Å². The molecule has 1 aliphatic heterocycles. The quantitative estimate of drug-likeness (QED) is 0.772. The Hall–Kier alpha value is -2.03. The summed E-state index contributed by atoms with van der Waals surface area (Å²) in [6.07, 6.45) is 3.85. The molecular formula is C13H13N3. The van der Waals surface area contributed by atoms with Gasteiger partial charge in [0, 0.05) is 17.4 Å². The van der Waals surface area contributed by atoms with Crippen LogP contribution in [0.5, 0.6) is 0 Å². The van der Waals surface area contributed by atoms with Gasteiger partial charge < -0.3 is 9.88 Å². The van der Waals surface area contributed by atoms with Crippen LogP contribution in [0, 0.1) is 6.92 Å². The van der Waals surface area contributed by atoms with Gasteiger partial charge >= 0.3 is 0 Å². The normalized spacial score (nSPS) is 13.3. The highest BCUT2D eigenvalue weighted by atomic mass is 15.1. The van der Waals surface area contributed by atoms with Crippen LogP contribution < -0.4 is 5.32 Å². The predicted octanol–water partition coefficient (Wildman–Crippen LogP) is 2.74. The van der Waals surface area contributed by atoms with E-state index in [-0.39, 0.29) is 0 Å². The van der Waals surface area contributed by atoms with Crippen molar-refractivity contribution in [2.75, 3.05) is 5.32 Å². The lowest BCUT2D eigenvalue weighted by Crippen LogP contribution is -2.08. The number of fused-ring (bicyclic) bond motifs is 1. The maximum Gasteiger partial charge on any atom is 0.120 e. The topological polar surface area (TPSA) is 29.3 Å². The predicted molar refractivity (Wildman–Crippen MR) is 66.3 cm³/mol. The Bertz CT molecular complexity index is 552. The average molecular weight is 211 g/mol. The molecule has 2 heterocycles. The molecule has 80 valence electrons. The summed E-state index contributed by atoms with van der Waals surface area (Å²) in [6.45, 7) is 2.89. The summed E-state index contributed by atoms with van der Waals surface area (Å²) in [7, 11) is 0. The van der Waals surface area contributed by atoms with E-state index in [1.165, 1.54) is 16.8 Å². The van der Waals surface area contributed by atoms with Crippen LogP contribution in [0.4, 0.5) is 5.82 Å². The Kier molecular flexibility index (Phi) is 2.03. The van der Waals surface area contributed by atoms with Crippen LogP contribution in [0.15, 0.2) is 41.5 Å². The van der Waals surface area contributed by atoms with E-state index in [1.807, 2.05) is 0 Å². The summed E-state index contributed by atoms with van der Waals surface area (Å²) in [5.41, 5.74) is 3.72. The van der Waals surface area contributed by atoms with Gasteiger partial charge in [0.2, 0.25) is 0 Å². The molecule has 1 aromatic carbocycles. The smallest absolute Gasteiger partial charge is 0.120 e. The molecular weight excluding hydrogens is 198 g/mol. The molecule has 0 amide bonds. The number of benzene rings is 1. The molecule has 16 heavy (non-hydrogen) atoms. The first-order valence-corrected chi connectivity index (χ1v) is 5.37. The first kappa shape index (κ1) is 9.21. The standard InChI is InChI=1S/C13H13N3/c1-10-4-2-3-5-12(10)16-7-6-11-8-14-9-15-13(11)16/h2-7,9H,8H2,1H3,(H,14,15). The summed E-state index contributed by atoms with van der Waals surface area (Å²) in [5, 5.41) is 3.21. The van der Waals surface area contributed by atoms with Crippen LogP contribution in [0.1, 0.15) is 11.1 Å². The highest BCUT2D eigenvalue weighted by Gasteiger charge is 2.12. The number of aryl methyl sites for hydroxylation is 1. The minimum atomic E-state index is 0.765. The number of nitrogens with zero attached hydrogens (tertiary/aromatic N) is 2. The maximum absolute atomic E-state index is 4.20. The van der Waals surface area contributed by atoms with Gasteiger partial charge in [-0.3, -0.25) is 4.99 Å². The maximum atomic E-state index is 4.20. The molecule has 2 aromatic rings. The van der Waals surface area contributed by atoms with Gasteiger partial charge in [-0.25, -0.2) is 0 Å². The van der Waals surface area contributed by atoms with E-state index in [9.17, 15) is 0 Å². The van der Waals surface area contributed by atoms with Gasteiger partial charge in [0.25, 0.3) is 0 Å². The van der Waals surface area contributed by atoms with Gasteiger partial charge in [-0.15, -0.1) is 0 Å². The van der Waals surface area contributed by atoms with Crippen LogP contribution in [-0.4, -0.2) is 10.9 Å². The second-order valence-corrected chi connectivity index (χ2v) is 3.96. The molecule has 3 nitrogen and oxygen atoms in total. The molecule has 1 N–H and O–H groups in total. The van der Waals surface area contributed by atoms with Crippen LogP contribution in [0.3, 0.4) is 0 Å². The molecule has 3 rings (SSSR count). The summed E-state index contributed by atoms with van der Waals surface area (Å²) < 4.78 is 2.18. The number of nitrogens with one attached hydrogen (secondary N) is 1. The number of hydrogen-bond donors (Lipinski definition) is 1. The van der Waals surface area contributed by atoms with E-state index in [4.69, 9.17) is 0 Å². The van der Waals surface area contributed by atoms with Crippen molar-refractivity contribution in [2.45, 2.75) is 13.5 Å². The molecule has 0 aliphatic carbocycles. The number of aromatic nitrogens is 1. The van der Waals surface area contributed by atoms with Gasteiger partial charge in [-0.1, -0.05) is 18.2 Å². The molecule has 3 heteroatoms. The van der Waals surface area contributed by atoms with Gasteiger partial charge in [0.05, 0.1) is 12.9 Å². The third kappa shape index (κ3) is 1.33. The Balaban J connectivity index is 2.15. The molecule has 0 radical (unpaired) electrons. The van der Waals surface area contributed by atoms with Crippen molar-refractivity contribution in [3.63, 3.8) is 0 Å². The van der Waals surface area contributed by atoms with Crippen molar-refractivity contribution in [3.05, 3.63) is 47.7 Å². The lowest BCUT2D eigenvalue weighted by atomic mass is 10.2. The van der Waals surface area contributed by atoms with Crippen molar-refractivity contribution in [2.24, 2.45) is 4.99 Å². The van der Waals surface area contributed by atoms with E-state index in [0.717, 1.165) is 12.4 Å². The summed E-state index contributed by atoms with van der Waals surface area (Å²) in [6, 6.07) is 10.5. The molecule has 0 atom stereocenters. The third-order valence-corrected chi connectivity index (χ3v) is 2.90. The number of aliphatic imine (C=N–C) groups is 1. The van der Waals surface area contributed by atoms with E-state index >= 15 is 0 Å². The molecule has 0 bridgehead atoms. The van der Waals surface area contributed by atoms with E-state index in [2.05, 4.69) is 58.3 Å². The fourth-order valence-corrected chi connectivity index (χ4v) is 2.05. The number of anilines is 1. The zero-order valence-electron chi connectivity index (χ0n) is 9.14. The zero-order valence-corrected chi connectivity index (χ0v) is 9.14. The van der Waals surface area contributed by atoms with Gasteiger partial charge in [0.1, 0.15) is 5.82 Å². The van der Waals surface area contributed by atoms with Gasteiger partial charge in [-0.05, 0) is 24.6 Å². The van der Waals surface area contributed by atoms with Crippen molar-refractivity contribution < 1.29 is 0 Å². The van der Waals surface area contributed by atoms with Gasteiger partial charge in [-0.2, -0.15) is 0 Å². The summed E-state index contributed by atoms with van der Waals surface area (Å²) >= 11 is 0. The Morgan fingerprint density at radius 1 is 1.25 bits per heavy atom. The molecule has 0 unspecified atom stereocenters. The third-order valence-electron chi connectivity index (χ3n) is 2.90. The first-order valence-electron chi connectivity index (χ1n) is 5.37. The number of para-hydroxylation sites is 1. The molecule has 0 saturated heterocycles. The molecule has 0 saturated carbocycles. The minimum Gasteiger partial charge on any atom is -0.332 e. The second-order valence-electron chi connectivity index (χ2n) is 3.96. The summed E-state index contributed by atoms with van der Waals surface area (Å²) in [5.74, 6) is 1.13. The Morgan fingerprint density at radius 2 is 2.12 bits per heavy atom. The van der Waals surface area contributed by atoms with E-state index in [0.29, 0.717) is 0 Å². The average Bonchev–Trinajstić information content (AvgIpc) is 2.74. The highest BCUT2D eigenvalue weighted by Crippen LogP contribution is 2.26. The summed E-state index contributed by atoms with van der Waals surface area (Å²) in [4.78, 5) is 4.20. The van der Waals surface area contributed by atoms with Crippen LogP contribution in [-0.2, 0) is 6.54 Å². The Morgan fingerprint density at radius 3 is 3.00 bits per heavy atom. The fourth-order valence-electron chi connectivity index (χ4n) is 2.05. The molecule has 0 spiro atoms. The fraction of sp³-hybridized carbons (Fsp3) is 0.154. The van der Waals surface area contributed by atoms with Crippen LogP contribution in [0.2, 0.25) is 0 Å². The lowest BCUT2D eigenvalue weighted by molar-refractivity contribution is 1.02. The number of rotatable bonds is 1. The van der Waals surface area contributed by atoms with Crippen LogP contribution in [0.25, 0.3) is 5.69 Å². The largest absolute Gasteiger partial charge is 0.332 e. The van der Waals surface area contributed by atoms with E-state index < -0.39 is 0 Å². The Labute approximate surface area is 94.4 Å². The SMILES string of the molecule is Cc1ccccc1-n1ccc2c1NC=NC2.